The molecule has 0 atom stereocenters. The van der Waals surface area contributed by atoms with Crippen molar-refractivity contribution >= 4 is 0 Å². The Morgan fingerprint density at radius 1 is 1.26 bits per heavy atom. The molecule has 0 saturated carbocycles. The predicted octanol–water partition coefficient (Wildman–Crippen LogP) is 4.09. The van der Waals surface area contributed by atoms with Gasteiger partial charge >= 0.3 is 0 Å². The maximum absolute atomic E-state index is 13.0. The second-order valence-electron chi connectivity index (χ2n) is 3.89. The average Bonchev–Trinajstić information content (AvgIpc) is 2.35. The fraction of sp³-hybridized carbons (Fsp3) is 0.143. The highest BCUT2D eigenvalue weighted by molar-refractivity contribution is 5.20. The van der Waals surface area contributed by atoms with Crippen LogP contribution in [-0.2, 0) is 6.54 Å². The Balaban J connectivity index is 2.72. The standard InChI is InChI=1S/C14H13F4N/c1-3-11(15)5-4-6-19(2)9-10-7-12(16)14(18)13(17)8-10/h3-8H,1,9H2,2H3/b6-4-,11-5+. The minimum Gasteiger partial charge on any atom is -0.376 e. The molecular formula is C14H13F4N. The SMILES string of the molecule is C=C/C(F)=C\C=C/N(C)Cc1cc(F)c(F)c(F)c1. The zero-order valence-electron chi connectivity index (χ0n) is 10.3. The van der Waals surface area contributed by atoms with Crippen LogP contribution in [0.4, 0.5) is 17.6 Å². The van der Waals surface area contributed by atoms with Crippen molar-refractivity contribution in [3.63, 3.8) is 0 Å². The molecule has 0 amide bonds. The van der Waals surface area contributed by atoms with Crippen LogP contribution in [0.25, 0.3) is 0 Å². The van der Waals surface area contributed by atoms with Crippen LogP contribution in [0.2, 0.25) is 0 Å². The van der Waals surface area contributed by atoms with Crippen molar-refractivity contribution in [3.8, 4) is 0 Å². The van der Waals surface area contributed by atoms with Gasteiger partial charge in [0.25, 0.3) is 0 Å². The number of rotatable bonds is 5. The first kappa shape index (κ1) is 15.0. The Kier molecular flexibility index (Phi) is 5.36. The van der Waals surface area contributed by atoms with Gasteiger partial charge in [0.2, 0.25) is 0 Å². The van der Waals surface area contributed by atoms with Gasteiger partial charge in [0.15, 0.2) is 17.5 Å². The van der Waals surface area contributed by atoms with E-state index in [0.717, 1.165) is 18.2 Å². The number of hydrogen-bond donors (Lipinski definition) is 0. The summed E-state index contributed by atoms with van der Waals surface area (Å²) in [6, 6.07) is 1.84. The normalized spacial score (nSPS) is 11.9. The van der Waals surface area contributed by atoms with E-state index in [2.05, 4.69) is 6.58 Å². The van der Waals surface area contributed by atoms with E-state index in [4.69, 9.17) is 0 Å². The molecule has 0 aliphatic carbocycles. The van der Waals surface area contributed by atoms with E-state index in [1.165, 1.54) is 18.4 Å². The van der Waals surface area contributed by atoms with Gasteiger partial charge in [-0.2, -0.15) is 0 Å². The van der Waals surface area contributed by atoms with Gasteiger partial charge in [-0.1, -0.05) is 6.58 Å². The van der Waals surface area contributed by atoms with Gasteiger partial charge in [-0.05, 0) is 42.1 Å². The quantitative estimate of drug-likeness (QED) is 0.443. The number of hydrogen-bond acceptors (Lipinski definition) is 1. The molecule has 0 N–H and O–H groups in total. The summed E-state index contributed by atoms with van der Waals surface area (Å²) in [5.74, 6) is -4.45. The van der Waals surface area contributed by atoms with Gasteiger partial charge in [0.05, 0.1) is 0 Å². The monoisotopic (exact) mass is 271 g/mol. The van der Waals surface area contributed by atoms with Crippen LogP contribution in [0, 0.1) is 17.5 Å². The minimum absolute atomic E-state index is 0.161. The fourth-order valence-corrected chi connectivity index (χ4v) is 1.39. The van der Waals surface area contributed by atoms with E-state index in [1.54, 1.807) is 11.9 Å². The van der Waals surface area contributed by atoms with Crippen LogP contribution in [0.5, 0.6) is 0 Å². The van der Waals surface area contributed by atoms with E-state index in [0.29, 0.717) is 0 Å². The van der Waals surface area contributed by atoms with Crippen LogP contribution in [0.15, 0.2) is 49.0 Å². The molecular weight excluding hydrogens is 258 g/mol. The summed E-state index contributed by atoms with van der Waals surface area (Å²) in [6.07, 6.45) is 5.18. The van der Waals surface area contributed by atoms with E-state index < -0.39 is 23.3 Å². The van der Waals surface area contributed by atoms with Crippen molar-refractivity contribution in [2.75, 3.05) is 7.05 Å². The van der Waals surface area contributed by atoms with Crippen molar-refractivity contribution in [1.82, 2.24) is 4.90 Å². The first-order valence-corrected chi connectivity index (χ1v) is 5.44. The second-order valence-corrected chi connectivity index (χ2v) is 3.89. The molecule has 0 heterocycles. The molecule has 0 fully saturated rings. The molecule has 1 rings (SSSR count). The van der Waals surface area contributed by atoms with Crippen molar-refractivity contribution in [2.45, 2.75) is 6.54 Å². The molecule has 0 aliphatic heterocycles. The van der Waals surface area contributed by atoms with E-state index >= 15 is 0 Å². The summed E-state index contributed by atoms with van der Waals surface area (Å²) in [6.45, 7) is 3.41. The molecule has 102 valence electrons. The highest BCUT2D eigenvalue weighted by Crippen LogP contribution is 2.14. The minimum atomic E-state index is -1.49. The van der Waals surface area contributed by atoms with E-state index in [9.17, 15) is 17.6 Å². The fourth-order valence-electron chi connectivity index (χ4n) is 1.39. The maximum Gasteiger partial charge on any atom is 0.194 e. The highest BCUT2D eigenvalue weighted by atomic mass is 19.2. The van der Waals surface area contributed by atoms with Crippen LogP contribution in [0.1, 0.15) is 5.56 Å². The average molecular weight is 271 g/mol. The molecule has 0 aliphatic rings. The number of allylic oxidation sites excluding steroid dienone is 4. The first-order valence-electron chi connectivity index (χ1n) is 5.44. The van der Waals surface area contributed by atoms with Crippen molar-refractivity contribution in [2.24, 2.45) is 0 Å². The van der Waals surface area contributed by atoms with E-state index in [1.807, 2.05) is 0 Å². The lowest BCUT2D eigenvalue weighted by Crippen LogP contribution is -2.10. The highest BCUT2D eigenvalue weighted by Gasteiger charge is 2.10. The van der Waals surface area contributed by atoms with Crippen LogP contribution >= 0.6 is 0 Å². The van der Waals surface area contributed by atoms with Gasteiger partial charge in [-0.25, -0.2) is 17.6 Å². The Bertz CT molecular complexity index is 497. The van der Waals surface area contributed by atoms with Gasteiger partial charge in [0.1, 0.15) is 5.83 Å². The topological polar surface area (TPSA) is 3.24 Å². The third-order valence-electron chi connectivity index (χ3n) is 2.27. The Morgan fingerprint density at radius 2 is 1.84 bits per heavy atom. The number of halogens is 4. The smallest absolute Gasteiger partial charge is 0.194 e. The molecule has 0 spiro atoms. The summed E-state index contributed by atoms with van der Waals surface area (Å²) in [4.78, 5) is 1.57. The molecule has 0 radical (unpaired) electrons. The Hall–Kier alpha value is -2.04. The third-order valence-corrected chi connectivity index (χ3v) is 2.27. The number of benzene rings is 1. The zero-order valence-corrected chi connectivity index (χ0v) is 10.3. The summed E-state index contributed by atoms with van der Waals surface area (Å²) >= 11 is 0. The van der Waals surface area contributed by atoms with Gasteiger partial charge < -0.3 is 4.90 Å². The molecule has 0 bridgehead atoms. The van der Waals surface area contributed by atoms with Crippen molar-refractivity contribution in [3.05, 3.63) is 72.0 Å². The molecule has 19 heavy (non-hydrogen) atoms. The molecule has 1 nitrogen and oxygen atoms in total. The van der Waals surface area contributed by atoms with Crippen LogP contribution in [0.3, 0.4) is 0 Å². The molecule has 1 aromatic rings. The first-order chi connectivity index (χ1) is 8.93. The summed E-state index contributed by atoms with van der Waals surface area (Å²) < 4.78 is 51.4. The lowest BCUT2D eigenvalue weighted by atomic mass is 10.2. The Morgan fingerprint density at radius 3 is 2.37 bits per heavy atom. The number of nitrogens with zero attached hydrogens (tertiary/aromatic N) is 1. The van der Waals surface area contributed by atoms with Crippen LogP contribution < -0.4 is 0 Å². The molecule has 1 aromatic carbocycles. The predicted molar refractivity (Wildman–Crippen MR) is 66.3 cm³/mol. The lowest BCUT2D eigenvalue weighted by Gasteiger charge is -2.13. The summed E-state index contributed by atoms with van der Waals surface area (Å²) in [5, 5.41) is 0. The Labute approximate surface area is 109 Å². The summed E-state index contributed by atoms with van der Waals surface area (Å²) in [5.41, 5.74) is 0.275. The maximum atomic E-state index is 13.0. The summed E-state index contributed by atoms with van der Waals surface area (Å²) in [7, 11) is 1.63. The molecule has 0 aromatic heterocycles. The van der Waals surface area contributed by atoms with Crippen molar-refractivity contribution < 1.29 is 17.6 Å². The largest absolute Gasteiger partial charge is 0.376 e. The van der Waals surface area contributed by atoms with Crippen LogP contribution in [-0.4, -0.2) is 11.9 Å². The van der Waals surface area contributed by atoms with Crippen molar-refractivity contribution in [1.29, 1.82) is 0 Å². The van der Waals surface area contributed by atoms with Gasteiger partial charge in [0, 0.05) is 13.6 Å². The molecule has 0 saturated heterocycles. The molecule has 5 heteroatoms. The zero-order chi connectivity index (χ0) is 14.4. The third kappa shape index (κ3) is 4.62. The van der Waals surface area contributed by atoms with E-state index in [-0.39, 0.29) is 12.1 Å². The second kappa shape index (κ2) is 6.78. The molecule has 0 unspecified atom stereocenters. The lowest BCUT2D eigenvalue weighted by molar-refractivity contribution is 0.426. The van der Waals surface area contributed by atoms with Gasteiger partial charge in [-0.15, -0.1) is 0 Å². The van der Waals surface area contributed by atoms with Gasteiger partial charge in [-0.3, -0.25) is 0 Å².